The molecule has 28 heavy (non-hydrogen) atoms. The van der Waals surface area contributed by atoms with Crippen LogP contribution in [0.15, 0.2) is 51.8 Å². The van der Waals surface area contributed by atoms with Crippen LogP contribution < -0.4 is 0 Å². The van der Waals surface area contributed by atoms with E-state index in [9.17, 15) is 0 Å². The average Bonchev–Trinajstić information content (AvgIpc) is 3.40. The maximum Gasteiger partial charge on any atom is 0.267 e. The van der Waals surface area contributed by atoms with Gasteiger partial charge in [-0.25, -0.2) is 4.98 Å². The SMILES string of the molecule is CC(C)c1nnc(-c2ccccn2)o1.CC(C)c1nnc(-c2cnccn2)o1. The molecule has 0 aliphatic carbocycles. The van der Waals surface area contributed by atoms with Crippen molar-refractivity contribution in [1.29, 1.82) is 0 Å². The van der Waals surface area contributed by atoms with Gasteiger partial charge in [0.1, 0.15) is 11.4 Å². The molecule has 0 aromatic carbocycles. The van der Waals surface area contributed by atoms with E-state index in [4.69, 9.17) is 8.83 Å². The third kappa shape index (κ3) is 4.81. The Balaban J connectivity index is 0.000000161. The molecule has 0 amide bonds. The summed E-state index contributed by atoms with van der Waals surface area (Å²) in [4.78, 5) is 12.1. The summed E-state index contributed by atoms with van der Waals surface area (Å²) in [6, 6.07) is 5.59. The van der Waals surface area contributed by atoms with Gasteiger partial charge in [0.2, 0.25) is 11.8 Å². The highest BCUT2D eigenvalue weighted by molar-refractivity contribution is 5.45. The minimum Gasteiger partial charge on any atom is -0.419 e. The summed E-state index contributed by atoms with van der Waals surface area (Å²) < 4.78 is 10.9. The first kappa shape index (κ1) is 19.3. The van der Waals surface area contributed by atoms with Crippen molar-refractivity contribution in [3.63, 3.8) is 0 Å². The normalized spacial score (nSPS) is 10.8. The van der Waals surface area contributed by atoms with E-state index in [0.717, 1.165) is 0 Å². The topological polar surface area (TPSA) is 117 Å². The zero-order chi connectivity index (χ0) is 19.9. The zero-order valence-electron chi connectivity index (χ0n) is 16.1. The first-order chi connectivity index (χ1) is 13.5. The molecule has 0 bridgehead atoms. The van der Waals surface area contributed by atoms with Gasteiger partial charge >= 0.3 is 0 Å². The largest absolute Gasteiger partial charge is 0.419 e. The maximum atomic E-state index is 5.45. The lowest BCUT2D eigenvalue weighted by Crippen LogP contribution is -1.85. The van der Waals surface area contributed by atoms with Crippen molar-refractivity contribution in [2.75, 3.05) is 0 Å². The van der Waals surface area contributed by atoms with Gasteiger partial charge in [-0.15, -0.1) is 20.4 Å². The van der Waals surface area contributed by atoms with Crippen molar-refractivity contribution in [3.05, 3.63) is 54.8 Å². The van der Waals surface area contributed by atoms with Crippen LogP contribution in [-0.4, -0.2) is 35.3 Å². The third-order valence-corrected chi connectivity index (χ3v) is 3.54. The highest BCUT2D eigenvalue weighted by Gasteiger charge is 2.12. The molecule has 0 aliphatic heterocycles. The van der Waals surface area contributed by atoms with Crippen molar-refractivity contribution in [2.24, 2.45) is 0 Å². The average molecular weight is 379 g/mol. The molecule has 0 atom stereocenters. The number of rotatable bonds is 4. The van der Waals surface area contributed by atoms with Crippen LogP contribution in [0.2, 0.25) is 0 Å². The molecule has 0 aliphatic rings. The summed E-state index contributed by atoms with van der Waals surface area (Å²) in [7, 11) is 0. The predicted octanol–water partition coefficient (Wildman–Crippen LogP) is 3.91. The molecular weight excluding hydrogens is 358 g/mol. The van der Waals surface area contributed by atoms with E-state index in [0.29, 0.717) is 35.0 Å². The minimum absolute atomic E-state index is 0.230. The Labute approximate surface area is 162 Å². The van der Waals surface area contributed by atoms with E-state index >= 15 is 0 Å². The van der Waals surface area contributed by atoms with Crippen molar-refractivity contribution < 1.29 is 8.83 Å². The quantitative estimate of drug-likeness (QED) is 0.520. The predicted molar refractivity (Wildman–Crippen MR) is 101 cm³/mol. The fourth-order valence-electron chi connectivity index (χ4n) is 2.04. The van der Waals surface area contributed by atoms with Gasteiger partial charge < -0.3 is 8.83 Å². The maximum absolute atomic E-state index is 5.45. The summed E-state index contributed by atoms with van der Waals surface area (Å²) in [5.41, 5.74) is 1.32. The Morgan fingerprint density at radius 2 is 1.29 bits per heavy atom. The molecule has 4 heterocycles. The van der Waals surface area contributed by atoms with Crippen molar-refractivity contribution >= 4 is 0 Å². The Bertz CT molecular complexity index is 900. The molecule has 4 aromatic heterocycles. The van der Waals surface area contributed by atoms with Gasteiger partial charge in [0.15, 0.2) is 0 Å². The van der Waals surface area contributed by atoms with E-state index < -0.39 is 0 Å². The molecule has 144 valence electrons. The smallest absolute Gasteiger partial charge is 0.267 e. The first-order valence-corrected chi connectivity index (χ1v) is 8.89. The highest BCUT2D eigenvalue weighted by atomic mass is 16.4. The lowest BCUT2D eigenvalue weighted by Gasteiger charge is -1.94. The standard InChI is InChI=1S/C10H11N3O.C9H10N4O/c1-7(2)9-12-13-10(14-9)8-5-3-4-6-11-8;1-6(2)8-12-13-9(14-8)7-5-10-3-4-11-7/h3-7H,1-2H3;3-6H,1-2H3. The van der Waals surface area contributed by atoms with Crippen LogP contribution in [0.25, 0.3) is 23.2 Å². The van der Waals surface area contributed by atoms with Gasteiger partial charge in [-0.1, -0.05) is 33.8 Å². The second-order valence-electron chi connectivity index (χ2n) is 6.51. The number of hydrogen-bond acceptors (Lipinski definition) is 9. The van der Waals surface area contributed by atoms with Gasteiger partial charge in [0.25, 0.3) is 11.8 Å². The van der Waals surface area contributed by atoms with Crippen molar-refractivity contribution in [2.45, 2.75) is 39.5 Å². The van der Waals surface area contributed by atoms with Crippen molar-refractivity contribution in [3.8, 4) is 23.2 Å². The fraction of sp³-hybridized carbons (Fsp3) is 0.316. The van der Waals surface area contributed by atoms with E-state index in [1.165, 1.54) is 0 Å². The van der Waals surface area contributed by atoms with E-state index in [-0.39, 0.29) is 11.8 Å². The Morgan fingerprint density at radius 1 is 0.679 bits per heavy atom. The summed E-state index contributed by atoms with van der Waals surface area (Å²) in [6.07, 6.45) is 6.49. The number of aromatic nitrogens is 7. The van der Waals surface area contributed by atoms with Gasteiger partial charge in [-0.05, 0) is 12.1 Å². The summed E-state index contributed by atoms with van der Waals surface area (Å²) in [5, 5.41) is 15.7. The molecule has 0 saturated carbocycles. The third-order valence-electron chi connectivity index (χ3n) is 3.54. The molecular formula is C19H21N7O2. The van der Waals surface area contributed by atoms with Crippen LogP contribution in [0.1, 0.15) is 51.3 Å². The molecule has 4 rings (SSSR count). The van der Waals surface area contributed by atoms with E-state index in [2.05, 4.69) is 35.3 Å². The first-order valence-electron chi connectivity index (χ1n) is 8.89. The van der Waals surface area contributed by atoms with Crippen LogP contribution in [0, 0.1) is 0 Å². The van der Waals surface area contributed by atoms with Gasteiger partial charge in [-0.3, -0.25) is 9.97 Å². The van der Waals surface area contributed by atoms with Crippen LogP contribution in [-0.2, 0) is 0 Å². The Morgan fingerprint density at radius 3 is 1.75 bits per heavy atom. The van der Waals surface area contributed by atoms with Gasteiger partial charge in [0, 0.05) is 30.4 Å². The zero-order valence-corrected chi connectivity index (χ0v) is 16.1. The molecule has 9 nitrogen and oxygen atoms in total. The van der Waals surface area contributed by atoms with Crippen molar-refractivity contribution in [1.82, 2.24) is 35.3 Å². The van der Waals surface area contributed by atoms with Crippen LogP contribution in [0.4, 0.5) is 0 Å². The molecule has 0 unspecified atom stereocenters. The van der Waals surface area contributed by atoms with E-state index in [1.54, 1.807) is 24.8 Å². The lowest BCUT2D eigenvalue weighted by molar-refractivity contribution is 0.479. The summed E-state index contributed by atoms with van der Waals surface area (Å²) in [6.45, 7) is 8.01. The summed E-state index contributed by atoms with van der Waals surface area (Å²) in [5.74, 6) is 2.64. The van der Waals surface area contributed by atoms with Crippen LogP contribution in [0.3, 0.4) is 0 Å². The minimum atomic E-state index is 0.230. The molecule has 0 radical (unpaired) electrons. The molecule has 0 spiro atoms. The molecule has 9 heteroatoms. The second kappa shape index (κ2) is 8.94. The monoisotopic (exact) mass is 379 g/mol. The van der Waals surface area contributed by atoms with E-state index in [1.807, 2.05) is 45.9 Å². The van der Waals surface area contributed by atoms with Crippen LogP contribution in [0.5, 0.6) is 0 Å². The highest BCUT2D eigenvalue weighted by Crippen LogP contribution is 2.19. The number of hydrogen-bond donors (Lipinski definition) is 0. The number of nitrogens with zero attached hydrogens (tertiary/aromatic N) is 7. The molecule has 0 fully saturated rings. The molecule has 4 aromatic rings. The summed E-state index contributed by atoms with van der Waals surface area (Å²) >= 11 is 0. The Hall–Kier alpha value is -3.49. The fourth-order valence-corrected chi connectivity index (χ4v) is 2.04. The van der Waals surface area contributed by atoms with Gasteiger partial charge in [-0.2, -0.15) is 0 Å². The molecule has 0 N–H and O–H groups in total. The van der Waals surface area contributed by atoms with Gasteiger partial charge in [0.05, 0.1) is 6.20 Å². The lowest BCUT2D eigenvalue weighted by atomic mass is 10.2. The molecule has 0 saturated heterocycles. The second-order valence-corrected chi connectivity index (χ2v) is 6.51. The number of pyridine rings is 1. The van der Waals surface area contributed by atoms with Crippen LogP contribution >= 0.6 is 0 Å². The Kier molecular flexibility index (Phi) is 6.15.